The third-order valence-corrected chi connectivity index (χ3v) is 8.14. The maximum absolute atomic E-state index is 15.0. The zero-order chi connectivity index (χ0) is 22.9. The van der Waals surface area contributed by atoms with E-state index in [2.05, 4.69) is 4.98 Å². The topological polar surface area (TPSA) is 63.4 Å². The van der Waals surface area contributed by atoms with Gasteiger partial charge in [0, 0.05) is 23.2 Å². The molecule has 1 heterocycles. The minimum atomic E-state index is -3.98. The lowest BCUT2D eigenvalue weighted by atomic mass is 9.86. The zero-order valence-electron chi connectivity index (χ0n) is 17.5. The Kier molecular flexibility index (Phi) is 6.65. The molecule has 2 atom stereocenters. The first kappa shape index (κ1) is 22.9. The molecule has 0 spiro atoms. The van der Waals surface area contributed by atoms with Crippen molar-refractivity contribution in [1.29, 1.82) is 0 Å². The molecule has 0 radical (unpaired) electrons. The van der Waals surface area contributed by atoms with Crippen molar-refractivity contribution in [2.75, 3.05) is 0 Å². The van der Waals surface area contributed by atoms with Crippen molar-refractivity contribution in [2.24, 2.45) is 5.92 Å². The Labute approximate surface area is 191 Å². The smallest absolute Gasteiger partial charge is 0.243 e. The van der Waals surface area contributed by atoms with Crippen molar-refractivity contribution >= 4 is 21.6 Å². The Morgan fingerprint density at radius 2 is 1.81 bits per heavy atom. The summed E-state index contributed by atoms with van der Waals surface area (Å²) in [6.45, 7) is 1.71. The fraction of sp³-hybridized carbons (Fsp3) is 0.348. The van der Waals surface area contributed by atoms with Gasteiger partial charge < -0.3 is 4.42 Å². The quantitative estimate of drug-likeness (QED) is 0.431. The van der Waals surface area contributed by atoms with E-state index in [9.17, 15) is 12.8 Å². The largest absolute Gasteiger partial charge is 0.444 e. The van der Waals surface area contributed by atoms with Gasteiger partial charge in [-0.1, -0.05) is 37.4 Å². The number of halogens is 3. The lowest BCUT2D eigenvalue weighted by Gasteiger charge is -2.38. The Morgan fingerprint density at radius 3 is 2.47 bits per heavy atom. The summed E-state index contributed by atoms with van der Waals surface area (Å²) in [4.78, 5) is 3.92. The number of hydrogen-bond acceptors (Lipinski definition) is 4. The SMILES string of the molecule is C[C@@H]1CCCC[C@H]1N(Cc1ccc(-c2ncco2)c(F)c1F)S(=O)(=O)c1ccc(Cl)cc1. The van der Waals surface area contributed by atoms with Crippen LogP contribution in [0.25, 0.3) is 11.5 Å². The van der Waals surface area contributed by atoms with E-state index >= 15 is 4.39 Å². The van der Waals surface area contributed by atoms with Gasteiger partial charge in [-0.25, -0.2) is 22.2 Å². The molecule has 1 fully saturated rings. The molecular weight excluding hydrogens is 458 g/mol. The van der Waals surface area contributed by atoms with E-state index in [1.54, 1.807) is 0 Å². The Balaban J connectivity index is 1.74. The van der Waals surface area contributed by atoms with E-state index < -0.39 is 21.7 Å². The van der Waals surface area contributed by atoms with Crippen LogP contribution in [-0.4, -0.2) is 23.7 Å². The maximum atomic E-state index is 15.0. The molecule has 5 nitrogen and oxygen atoms in total. The monoisotopic (exact) mass is 480 g/mol. The highest BCUT2D eigenvalue weighted by atomic mass is 35.5. The van der Waals surface area contributed by atoms with Gasteiger partial charge in [-0.2, -0.15) is 4.31 Å². The molecule has 0 unspecified atom stereocenters. The van der Waals surface area contributed by atoms with Gasteiger partial charge in [-0.05, 0) is 49.1 Å². The molecule has 32 heavy (non-hydrogen) atoms. The lowest BCUT2D eigenvalue weighted by Crippen LogP contribution is -2.44. The molecule has 0 saturated heterocycles. The molecule has 1 saturated carbocycles. The summed E-state index contributed by atoms with van der Waals surface area (Å²) >= 11 is 5.93. The molecule has 170 valence electrons. The highest BCUT2D eigenvalue weighted by Crippen LogP contribution is 2.34. The number of oxazole rings is 1. The molecule has 4 rings (SSSR count). The fourth-order valence-electron chi connectivity index (χ4n) is 4.25. The Bertz CT molecular complexity index is 1180. The summed E-state index contributed by atoms with van der Waals surface area (Å²) in [5.41, 5.74) is -0.164. The fourth-order valence-corrected chi connectivity index (χ4v) is 6.10. The predicted molar refractivity (Wildman–Crippen MR) is 117 cm³/mol. The van der Waals surface area contributed by atoms with Crippen LogP contribution >= 0.6 is 11.6 Å². The van der Waals surface area contributed by atoms with Gasteiger partial charge in [-0.3, -0.25) is 0 Å². The first-order valence-corrected chi connectivity index (χ1v) is 12.2. The van der Waals surface area contributed by atoms with Gasteiger partial charge in [0.2, 0.25) is 15.9 Å². The van der Waals surface area contributed by atoms with Crippen molar-refractivity contribution in [3.8, 4) is 11.5 Å². The molecule has 0 N–H and O–H groups in total. The van der Waals surface area contributed by atoms with Crippen LogP contribution < -0.4 is 0 Å². The van der Waals surface area contributed by atoms with Crippen LogP contribution in [0.3, 0.4) is 0 Å². The summed E-state index contributed by atoms with van der Waals surface area (Å²) in [6, 6.07) is 8.29. The lowest BCUT2D eigenvalue weighted by molar-refractivity contribution is 0.183. The van der Waals surface area contributed by atoms with Crippen molar-refractivity contribution in [3.05, 3.63) is 71.1 Å². The summed E-state index contributed by atoms with van der Waals surface area (Å²) in [7, 11) is -3.98. The minimum absolute atomic E-state index is 0.0421. The molecule has 9 heteroatoms. The van der Waals surface area contributed by atoms with Gasteiger partial charge in [0.15, 0.2) is 11.6 Å². The van der Waals surface area contributed by atoms with Gasteiger partial charge in [0.1, 0.15) is 6.26 Å². The highest BCUT2D eigenvalue weighted by Gasteiger charge is 2.36. The number of rotatable bonds is 6. The second kappa shape index (κ2) is 9.29. The van der Waals surface area contributed by atoms with Crippen molar-refractivity contribution < 1.29 is 21.6 Å². The van der Waals surface area contributed by atoms with E-state index in [1.165, 1.54) is 53.2 Å². The first-order chi connectivity index (χ1) is 15.3. The number of sulfonamides is 1. The number of benzene rings is 2. The highest BCUT2D eigenvalue weighted by molar-refractivity contribution is 7.89. The standard InChI is InChI=1S/C23H23ClF2N2O3S/c1-15-4-2-3-5-20(15)28(32(29,30)18-9-7-17(24)8-10-18)14-16-6-11-19(22(26)21(16)25)23-27-12-13-31-23/h6-13,15,20H,2-5,14H2,1H3/t15-,20-/m1/s1. The van der Waals surface area contributed by atoms with Gasteiger partial charge >= 0.3 is 0 Å². The summed E-state index contributed by atoms with van der Waals surface area (Å²) in [5, 5.41) is 0.414. The summed E-state index contributed by atoms with van der Waals surface area (Å²) in [6.07, 6.45) is 6.03. The molecule has 1 aliphatic carbocycles. The van der Waals surface area contributed by atoms with Crippen molar-refractivity contribution in [1.82, 2.24) is 9.29 Å². The molecule has 0 bridgehead atoms. The third-order valence-electron chi connectivity index (χ3n) is 6.01. The van der Waals surface area contributed by atoms with Crippen LogP contribution in [0.5, 0.6) is 0 Å². The molecule has 1 aliphatic rings. The predicted octanol–water partition coefficient (Wildman–Crippen LogP) is 6.04. The first-order valence-electron chi connectivity index (χ1n) is 10.4. The van der Waals surface area contributed by atoms with Crippen LogP contribution in [0.15, 0.2) is 58.2 Å². The van der Waals surface area contributed by atoms with Crippen LogP contribution in [0, 0.1) is 17.6 Å². The zero-order valence-corrected chi connectivity index (χ0v) is 19.0. The number of aromatic nitrogens is 1. The van der Waals surface area contributed by atoms with Crippen LogP contribution in [-0.2, 0) is 16.6 Å². The van der Waals surface area contributed by atoms with E-state index in [0.29, 0.717) is 11.4 Å². The summed E-state index contributed by atoms with van der Waals surface area (Å²) < 4.78 is 63.4. The van der Waals surface area contributed by atoms with Gasteiger partial charge in [-0.15, -0.1) is 0 Å². The van der Waals surface area contributed by atoms with E-state index in [-0.39, 0.29) is 40.4 Å². The van der Waals surface area contributed by atoms with Gasteiger partial charge in [0.25, 0.3) is 0 Å². The normalized spacial score (nSPS) is 19.4. The molecular formula is C23H23ClF2N2O3S. The average molecular weight is 481 g/mol. The van der Waals surface area contributed by atoms with E-state index in [4.69, 9.17) is 16.0 Å². The molecule has 3 aromatic rings. The number of nitrogens with zero attached hydrogens (tertiary/aromatic N) is 2. The molecule has 2 aromatic carbocycles. The Morgan fingerprint density at radius 1 is 1.09 bits per heavy atom. The summed E-state index contributed by atoms with van der Waals surface area (Å²) in [5.74, 6) is -2.18. The van der Waals surface area contributed by atoms with Crippen molar-refractivity contribution in [2.45, 2.75) is 50.1 Å². The molecule has 1 aromatic heterocycles. The molecule has 0 aliphatic heterocycles. The minimum Gasteiger partial charge on any atom is -0.444 e. The molecule has 0 amide bonds. The second-order valence-corrected chi connectivity index (χ2v) is 10.4. The number of hydrogen-bond donors (Lipinski definition) is 0. The van der Waals surface area contributed by atoms with Crippen LogP contribution in [0.1, 0.15) is 38.2 Å². The van der Waals surface area contributed by atoms with E-state index in [1.807, 2.05) is 6.92 Å². The maximum Gasteiger partial charge on any atom is 0.243 e. The second-order valence-electron chi connectivity index (χ2n) is 8.07. The van der Waals surface area contributed by atoms with Gasteiger partial charge in [0.05, 0.1) is 16.7 Å². The van der Waals surface area contributed by atoms with Crippen molar-refractivity contribution in [3.63, 3.8) is 0 Å². The van der Waals surface area contributed by atoms with E-state index in [0.717, 1.165) is 19.3 Å². The Hall–Kier alpha value is -2.29. The van der Waals surface area contributed by atoms with Crippen LogP contribution in [0.2, 0.25) is 5.02 Å². The third kappa shape index (κ3) is 4.44. The average Bonchev–Trinajstić information content (AvgIpc) is 3.30. The van der Waals surface area contributed by atoms with Crippen LogP contribution in [0.4, 0.5) is 8.78 Å².